The Bertz CT molecular complexity index is 3050. The summed E-state index contributed by atoms with van der Waals surface area (Å²) in [6, 6.07) is 39.7. The Morgan fingerprint density at radius 1 is 0.468 bits per heavy atom. The van der Waals surface area contributed by atoms with E-state index in [4.69, 9.17) is 8.83 Å². The first-order chi connectivity index (χ1) is 30.0. The highest BCUT2D eigenvalue weighted by molar-refractivity contribution is 7.92. The van der Waals surface area contributed by atoms with Crippen LogP contribution in [0.15, 0.2) is 199 Å². The number of nitrogens with one attached hydrogen (secondary N) is 4. The van der Waals surface area contributed by atoms with Crippen molar-refractivity contribution in [2.45, 2.75) is 32.7 Å². The van der Waals surface area contributed by atoms with Crippen molar-refractivity contribution in [1.82, 2.24) is 20.6 Å². The van der Waals surface area contributed by atoms with Crippen LogP contribution in [0.2, 0.25) is 0 Å². The van der Waals surface area contributed by atoms with Gasteiger partial charge in [-0.25, -0.2) is 36.4 Å². The molecule has 6 aromatic carbocycles. The van der Waals surface area contributed by atoms with Gasteiger partial charge in [0.15, 0.2) is 12.8 Å². The first-order valence-corrected chi connectivity index (χ1v) is 21.9. The van der Waals surface area contributed by atoms with E-state index >= 15 is 0 Å². The summed E-state index contributed by atoms with van der Waals surface area (Å²) in [5.74, 6) is 0.978. The number of aromatic nitrogens is 2. The topological polar surface area (TPSA) is 203 Å². The van der Waals surface area contributed by atoms with Crippen molar-refractivity contribution < 1.29 is 35.3 Å². The fourth-order valence-electron chi connectivity index (χ4n) is 6.52. The van der Waals surface area contributed by atoms with Crippen molar-refractivity contribution in [3.05, 3.63) is 182 Å². The van der Waals surface area contributed by atoms with Crippen LogP contribution in [0.5, 0.6) is 0 Å². The van der Waals surface area contributed by atoms with Gasteiger partial charge in [-0.05, 0) is 94.5 Å². The average Bonchev–Trinajstić information content (AvgIpc) is 4.04. The Labute approximate surface area is 356 Å². The molecule has 16 heteroatoms. The number of carbonyl (C=O) groups excluding carboxylic acids is 2. The molecule has 0 unspecified atom stereocenters. The Balaban J connectivity index is 0.920. The molecule has 8 aromatic rings. The summed E-state index contributed by atoms with van der Waals surface area (Å²) in [5.41, 5.74) is 5.40. The number of urea groups is 2. The third-order valence-corrected chi connectivity index (χ3v) is 13.3. The first-order valence-electron chi connectivity index (χ1n) is 19.0. The van der Waals surface area contributed by atoms with E-state index in [0.29, 0.717) is 39.6 Å². The second-order valence-corrected chi connectivity index (χ2v) is 17.7. The lowest BCUT2D eigenvalue weighted by Crippen LogP contribution is -2.28. The highest BCUT2D eigenvalue weighted by atomic mass is 32.2. The summed E-state index contributed by atoms with van der Waals surface area (Å²) < 4.78 is 65.3. The number of benzene rings is 6. The molecule has 0 saturated heterocycles. The Morgan fingerprint density at radius 3 is 1.44 bits per heavy atom. The minimum Gasteiger partial charge on any atom is -0.447 e. The zero-order chi connectivity index (χ0) is 43.1. The van der Waals surface area contributed by atoms with Crippen molar-refractivity contribution in [3.63, 3.8) is 0 Å². The molecule has 0 aliphatic rings. The molecule has 8 rings (SSSR count). The lowest BCUT2D eigenvalue weighted by Gasteiger charge is -2.13. The maximum Gasteiger partial charge on any atom is 0.319 e. The summed E-state index contributed by atoms with van der Waals surface area (Å²) in [6.07, 6.45) is 5.52. The van der Waals surface area contributed by atoms with Crippen LogP contribution >= 0.6 is 0 Å². The summed E-state index contributed by atoms with van der Waals surface area (Å²) in [5, 5.41) is 10.6. The van der Waals surface area contributed by atoms with Gasteiger partial charge in [0, 0.05) is 16.9 Å². The number of anilines is 2. The van der Waals surface area contributed by atoms with Crippen molar-refractivity contribution in [3.8, 4) is 33.4 Å². The number of carbonyl (C=O) groups is 2. The van der Waals surface area contributed by atoms with E-state index in [9.17, 15) is 26.4 Å². The van der Waals surface area contributed by atoms with Gasteiger partial charge < -0.3 is 30.1 Å². The lowest BCUT2D eigenvalue weighted by atomic mass is 9.98. The zero-order valence-electron chi connectivity index (χ0n) is 32.6. The molecular weight excluding hydrogens is 829 g/mol. The van der Waals surface area contributed by atoms with E-state index in [2.05, 4.69) is 31.2 Å². The number of amides is 4. The third kappa shape index (κ3) is 9.31. The molecule has 14 nitrogen and oxygen atoms in total. The Kier molecular flexibility index (Phi) is 11.8. The standard InChI is InChI=1S/C46H36N6O8S2/c53-45(49-27-38-25-47-29-59-38)51-36-16-20-40(21-17-36)61(55,56)42-5-3-4-35(24-42)33-10-8-31(9-11-33)32-12-14-34(15-13-32)43-6-1-2-7-44(43)62(57,58)41-22-18-37(19-23-41)52-46(54)50-28-39-26-48-30-60-39/h1-26,29-30H,27-28H2,(H2,49,51,53)(H2,50,52,54). The molecule has 0 aliphatic carbocycles. The van der Waals surface area contributed by atoms with E-state index in [1.54, 1.807) is 42.5 Å². The molecule has 4 amide bonds. The monoisotopic (exact) mass is 864 g/mol. The molecule has 2 heterocycles. The number of hydrogen-bond acceptors (Lipinski definition) is 10. The quantitative estimate of drug-likeness (QED) is 0.0866. The van der Waals surface area contributed by atoms with Gasteiger partial charge in [-0.3, -0.25) is 0 Å². The number of sulfone groups is 2. The highest BCUT2D eigenvalue weighted by Gasteiger charge is 2.23. The molecule has 0 atom stereocenters. The molecular formula is C46H36N6O8S2. The molecule has 62 heavy (non-hydrogen) atoms. The normalized spacial score (nSPS) is 11.4. The van der Waals surface area contributed by atoms with Crippen LogP contribution in [0.25, 0.3) is 33.4 Å². The van der Waals surface area contributed by atoms with E-state index in [0.717, 1.165) is 16.7 Å². The summed E-state index contributed by atoms with van der Waals surface area (Å²) in [6.45, 7) is 0.289. The van der Waals surface area contributed by atoms with Crippen LogP contribution in [-0.4, -0.2) is 38.9 Å². The maximum atomic E-state index is 13.9. The molecule has 0 saturated carbocycles. The van der Waals surface area contributed by atoms with Crippen molar-refractivity contribution in [1.29, 1.82) is 0 Å². The van der Waals surface area contributed by atoms with Gasteiger partial charge in [-0.1, -0.05) is 78.9 Å². The van der Waals surface area contributed by atoms with E-state index in [-0.39, 0.29) is 32.7 Å². The van der Waals surface area contributed by atoms with Gasteiger partial charge in [0.25, 0.3) is 0 Å². The SMILES string of the molecule is O=C(NCc1cnco1)Nc1ccc(S(=O)(=O)c2cccc(-c3ccc(-c4ccc(-c5ccccc5S(=O)(=O)c5ccc(NC(=O)NCc6cnco6)cc5)cc4)cc3)c2)cc1. The van der Waals surface area contributed by atoms with Gasteiger partial charge in [-0.2, -0.15) is 0 Å². The summed E-state index contributed by atoms with van der Waals surface area (Å²) in [7, 11) is -7.82. The van der Waals surface area contributed by atoms with Crippen LogP contribution in [0.4, 0.5) is 21.0 Å². The van der Waals surface area contributed by atoms with Crippen LogP contribution in [0.3, 0.4) is 0 Å². The second kappa shape index (κ2) is 17.8. The largest absolute Gasteiger partial charge is 0.447 e. The molecule has 0 aliphatic heterocycles. The Morgan fingerprint density at radius 2 is 0.935 bits per heavy atom. The average molecular weight is 865 g/mol. The number of nitrogens with zero attached hydrogens (tertiary/aromatic N) is 2. The second-order valence-electron chi connectivity index (χ2n) is 13.8. The van der Waals surface area contributed by atoms with E-state index < -0.39 is 31.7 Å². The highest BCUT2D eigenvalue weighted by Crippen LogP contribution is 2.34. The molecule has 310 valence electrons. The smallest absolute Gasteiger partial charge is 0.319 e. The third-order valence-electron chi connectivity index (χ3n) is 9.73. The van der Waals surface area contributed by atoms with Crippen molar-refractivity contribution in [2.24, 2.45) is 0 Å². The van der Waals surface area contributed by atoms with Gasteiger partial charge in [0.1, 0.15) is 11.5 Å². The van der Waals surface area contributed by atoms with Gasteiger partial charge in [-0.15, -0.1) is 0 Å². The molecule has 0 spiro atoms. The van der Waals surface area contributed by atoms with E-state index in [1.807, 2.05) is 54.6 Å². The summed E-state index contributed by atoms with van der Waals surface area (Å²) >= 11 is 0. The molecule has 4 N–H and O–H groups in total. The minimum atomic E-state index is -3.94. The van der Waals surface area contributed by atoms with Crippen molar-refractivity contribution >= 4 is 43.1 Å². The van der Waals surface area contributed by atoms with Crippen LogP contribution in [0, 0.1) is 0 Å². The maximum absolute atomic E-state index is 13.9. The fraction of sp³-hybridized carbons (Fsp3) is 0.0435. The molecule has 2 aromatic heterocycles. The zero-order valence-corrected chi connectivity index (χ0v) is 34.2. The molecule has 0 bridgehead atoms. The number of oxazole rings is 2. The summed E-state index contributed by atoms with van der Waals surface area (Å²) in [4.78, 5) is 32.6. The number of rotatable bonds is 13. The van der Waals surface area contributed by atoms with Gasteiger partial charge in [0.2, 0.25) is 19.7 Å². The predicted octanol–water partition coefficient (Wildman–Crippen LogP) is 8.97. The van der Waals surface area contributed by atoms with Gasteiger partial charge in [0.05, 0.1) is 45.1 Å². The van der Waals surface area contributed by atoms with Crippen LogP contribution < -0.4 is 21.3 Å². The first kappa shape index (κ1) is 40.9. The van der Waals surface area contributed by atoms with Crippen LogP contribution in [0.1, 0.15) is 11.5 Å². The fourth-order valence-corrected chi connectivity index (χ4v) is 9.31. The lowest BCUT2D eigenvalue weighted by molar-refractivity contribution is 0.250. The predicted molar refractivity (Wildman–Crippen MR) is 231 cm³/mol. The molecule has 0 fully saturated rings. The van der Waals surface area contributed by atoms with Gasteiger partial charge >= 0.3 is 12.1 Å². The minimum absolute atomic E-state index is 0.0723. The number of hydrogen-bond donors (Lipinski definition) is 4. The van der Waals surface area contributed by atoms with Crippen LogP contribution in [-0.2, 0) is 32.8 Å². The van der Waals surface area contributed by atoms with Crippen molar-refractivity contribution in [2.75, 3.05) is 10.6 Å². The Hall–Kier alpha value is -7.82. The van der Waals surface area contributed by atoms with E-state index in [1.165, 1.54) is 73.7 Å². The molecule has 0 radical (unpaired) electrons.